The van der Waals surface area contributed by atoms with E-state index >= 15 is 0 Å². The van der Waals surface area contributed by atoms with Crippen LogP contribution in [-0.4, -0.2) is 56.0 Å². The first-order valence-electron chi connectivity index (χ1n) is 15.3. The van der Waals surface area contributed by atoms with Crippen molar-refractivity contribution in [3.8, 4) is 0 Å². The highest BCUT2D eigenvalue weighted by molar-refractivity contribution is 5.78. The molecule has 2 bridgehead atoms. The molecule has 0 saturated carbocycles. The molecule has 2 fully saturated rings. The van der Waals surface area contributed by atoms with Crippen LogP contribution in [0.4, 0.5) is 0 Å². The summed E-state index contributed by atoms with van der Waals surface area (Å²) < 4.78 is 43.2. The van der Waals surface area contributed by atoms with E-state index in [1.54, 1.807) is 0 Å². The Balaban J connectivity index is 1.14. The molecule has 0 spiro atoms. The summed E-state index contributed by atoms with van der Waals surface area (Å²) in [6.45, 7) is 1.89. The highest BCUT2D eigenvalue weighted by Gasteiger charge is 2.58. The van der Waals surface area contributed by atoms with Crippen LogP contribution in [0.15, 0.2) is 121 Å². The van der Waals surface area contributed by atoms with Crippen LogP contribution in [0.3, 0.4) is 0 Å². The standard InChI is InChI=1S/C37H38O8/c38-36-34-32(41-23-29-17-9-3-10-18-29)33(44-36)35(42-24-30-19-11-4-12-20-30)37(45-34)43-26-31(40-22-28-15-7-2-8-16-28)25-39-21-27-13-5-1-6-14-27/h1-20,31-35,37H,21-26H2/t31-,32-,33+,34+,35-,37+/m1/s1. The van der Waals surface area contributed by atoms with E-state index in [1.165, 1.54) is 0 Å². The average molecular weight is 611 g/mol. The zero-order valence-corrected chi connectivity index (χ0v) is 25.0. The summed E-state index contributed by atoms with van der Waals surface area (Å²) in [7, 11) is 0. The van der Waals surface area contributed by atoms with Crippen LogP contribution in [0.1, 0.15) is 22.3 Å². The molecule has 0 radical (unpaired) electrons. The third-order valence-electron chi connectivity index (χ3n) is 7.74. The summed E-state index contributed by atoms with van der Waals surface area (Å²) in [5, 5.41) is 0. The lowest BCUT2D eigenvalue weighted by Crippen LogP contribution is -2.56. The SMILES string of the molecule is O=C1O[C@H]2[C@@H](OCc3ccccc3)[C@@H]1O[C@H](OC[C@@H](COCc1ccccc1)OCc1ccccc1)[C@@H]2OCc1ccccc1. The van der Waals surface area contributed by atoms with E-state index in [9.17, 15) is 4.79 Å². The van der Waals surface area contributed by atoms with Crippen LogP contribution >= 0.6 is 0 Å². The molecule has 4 aromatic rings. The minimum atomic E-state index is -0.932. The van der Waals surface area contributed by atoms with Crippen LogP contribution in [0.2, 0.25) is 0 Å². The van der Waals surface area contributed by atoms with Crippen molar-refractivity contribution in [2.24, 2.45) is 0 Å². The second-order valence-electron chi connectivity index (χ2n) is 11.1. The van der Waals surface area contributed by atoms with Gasteiger partial charge in [-0.05, 0) is 22.3 Å². The molecule has 2 aliphatic rings. The van der Waals surface area contributed by atoms with Gasteiger partial charge in [-0.3, -0.25) is 0 Å². The number of ether oxygens (including phenoxy) is 7. The van der Waals surface area contributed by atoms with Gasteiger partial charge >= 0.3 is 5.97 Å². The summed E-state index contributed by atoms with van der Waals surface area (Å²) in [6.07, 6.45) is -4.30. The zero-order chi connectivity index (χ0) is 30.7. The van der Waals surface area contributed by atoms with Crippen LogP contribution in [0.25, 0.3) is 0 Å². The van der Waals surface area contributed by atoms with Crippen LogP contribution in [0.5, 0.6) is 0 Å². The third kappa shape index (κ3) is 8.64. The van der Waals surface area contributed by atoms with Gasteiger partial charge in [-0.1, -0.05) is 121 Å². The van der Waals surface area contributed by atoms with E-state index in [4.69, 9.17) is 33.2 Å². The first kappa shape index (κ1) is 31.1. The number of benzene rings is 4. The molecule has 2 saturated heterocycles. The van der Waals surface area contributed by atoms with E-state index < -0.39 is 42.8 Å². The fraction of sp³-hybridized carbons (Fsp3) is 0.324. The van der Waals surface area contributed by atoms with E-state index in [2.05, 4.69) is 0 Å². The molecule has 234 valence electrons. The van der Waals surface area contributed by atoms with Gasteiger partial charge in [-0.25, -0.2) is 4.79 Å². The van der Waals surface area contributed by atoms with Gasteiger partial charge in [0.05, 0.1) is 39.6 Å². The molecule has 8 heteroatoms. The maximum Gasteiger partial charge on any atom is 0.338 e. The average Bonchev–Trinajstić information content (AvgIpc) is 3.32. The van der Waals surface area contributed by atoms with Crippen molar-refractivity contribution >= 4 is 5.97 Å². The van der Waals surface area contributed by atoms with Crippen molar-refractivity contribution in [1.29, 1.82) is 0 Å². The van der Waals surface area contributed by atoms with Gasteiger partial charge in [0.15, 0.2) is 18.5 Å². The van der Waals surface area contributed by atoms with Gasteiger partial charge in [-0.2, -0.15) is 0 Å². The molecule has 0 aliphatic carbocycles. The Morgan fingerprint density at radius 2 is 1.04 bits per heavy atom. The van der Waals surface area contributed by atoms with E-state index in [0.29, 0.717) is 26.4 Å². The molecule has 0 N–H and O–H groups in total. The molecular weight excluding hydrogens is 572 g/mol. The van der Waals surface area contributed by atoms with Crippen molar-refractivity contribution in [1.82, 2.24) is 0 Å². The number of hydrogen-bond acceptors (Lipinski definition) is 8. The number of hydrogen-bond donors (Lipinski definition) is 0. The number of carbonyl (C=O) groups excluding carboxylic acids is 1. The Hall–Kier alpha value is -3.89. The molecule has 4 aromatic carbocycles. The lowest BCUT2D eigenvalue weighted by Gasteiger charge is -2.38. The smallest absolute Gasteiger partial charge is 0.338 e. The quantitative estimate of drug-likeness (QED) is 0.151. The largest absolute Gasteiger partial charge is 0.454 e. The zero-order valence-electron chi connectivity index (χ0n) is 25.0. The predicted octanol–water partition coefficient (Wildman–Crippen LogP) is 5.63. The van der Waals surface area contributed by atoms with Crippen molar-refractivity contribution in [3.63, 3.8) is 0 Å². The summed E-state index contributed by atoms with van der Waals surface area (Å²) in [6, 6.07) is 39.5. The molecule has 0 amide bonds. The Kier molecular flexibility index (Phi) is 11.0. The van der Waals surface area contributed by atoms with Crippen molar-refractivity contribution in [2.75, 3.05) is 13.2 Å². The Morgan fingerprint density at radius 1 is 0.556 bits per heavy atom. The fourth-order valence-corrected chi connectivity index (χ4v) is 5.38. The van der Waals surface area contributed by atoms with Crippen LogP contribution in [-0.2, 0) is 64.4 Å². The Labute approximate surface area is 263 Å². The van der Waals surface area contributed by atoms with Gasteiger partial charge in [0, 0.05) is 0 Å². The highest BCUT2D eigenvalue weighted by atomic mass is 16.7. The normalized spacial score (nSPS) is 23.0. The summed E-state index contributed by atoms with van der Waals surface area (Å²) in [5.41, 5.74) is 4.07. The molecule has 0 unspecified atom stereocenters. The molecule has 2 aliphatic heterocycles. The second-order valence-corrected chi connectivity index (χ2v) is 11.1. The van der Waals surface area contributed by atoms with Crippen LogP contribution in [0, 0.1) is 0 Å². The van der Waals surface area contributed by atoms with Crippen molar-refractivity contribution in [3.05, 3.63) is 144 Å². The summed E-state index contributed by atoms with van der Waals surface area (Å²) >= 11 is 0. The van der Waals surface area contributed by atoms with Crippen LogP contribution < -0.4 is 0 Å². The minimum absolute atomic E-state index is 0.153. The lowest BCUT2D eigenvalue weighted by atomic mass is 10.0. The second kappa shape index (κ2) is 15.9. The lowest BCUT2D eigenvalue weighted by molar-refractivity contribution is -0.288. The topological polar surface area (TPSA) is 81.7 Å². The number of fused-ring (bicyclic) bond motifs is 2. The molecular formula is C37H38O8. The van der Waals surface area contributed by atoms with Crippen molar-refractivity contribution in [2.45, 2.75) is 63.2 Å². The predicted molar refractivity (Wildman–Crippen MR) is 166 cm³/mol. The highest BCUT2D eigenvalue weighted by Crippen LogP contribution is 2.36. The molecule has 2 heterocycles. The maximum atomic E-state index is 12.9. The monoisotopic (exact) mass is 610 g/mol. The maximum absolute atomic E-state index is 12.9. The van der Waals surface area contributed by atoms with Gasteiger partial charge in [-0.15, -0.1) is 0 Å². The molecule has 0 aromatic heterocycles. The van der Waals surface area contributed by atoms with Gasteiger partial charge in [0.2, 0.25) is 0 Å². The first-order valence-corrected chi connectivity index (χ1v) is 15.3. The number of esters is 1. The van der Waals surface area contributed by atoms with Gasteiger partial charge in [0.25, 0.3) is 0 Å². The number of carbonyl (C=O) groups is 1. The minimum Gasteiger partial charge on any atom is -0.454 e. The molecule has 45 heavy (non-hydrogen) atoms. The molecule has 6 rings (SSSR count). The summed E-state index contributed by atoms with van der Waals surface area (Å²) in [5.74, 6) is -0.486. The van der Waals surface area contributed by atoms with Gasteiger partial charge < -0.3 is 33.2 Å². The van der Waals surface area contributed by atoms with E-state index in [-0.39, 0.29) is 13.2 Å². The fourth-order valence-electron chi connectivity index (χ4n) is 5.38. The van der Waals surface area contributed by atoms with E-state index in [0.717, 1.165) is 22.3 Å². The first-order chi connectivity index (χ1) is 22.2. The Bertz CT molecular complexity index is 1440. The summed E-state index contributed by atoms with van der Waals surface area (Å²) in [4.78, 5) is 12.9. The van der Waals surface area contributed by atoms with Gasteiger partial charge in [0.1, 0.15) is 18.3 Å². The van der Waals surface area contributed by atoms with E-state index in [1.807, 2.05) is 121 Å². The number of rotatable bonds is 16. The van der Waals surface area contributed by atoms with Crippen molar-refractivity contribution < 1.29 is 38.0 Å². The third-order valence-corrected chi connectivity index (χ3v) is 7.74. The molecule has 8 nitrogen and oxygen atoms in total. The Morgan fingerprint density at radius 3 is 1.60 bits per heavy atom. The molecule has 6 atom stereocenters.